The number of aromatic nitrogens is 4. The number of nitrogens with zero attached hydrogens (tertiary/aromatic N) is 4. The normalized spacial score (nSPS) is 11.0. The van der Waals surface area contributed by atoms with Crippen LogP contribution in [0.2, 0.25) is 10.0 Å². The lowest BCUT2D eigenvalue weighted by Gasteiger charge is -2.05. The average Bonchev–Trinajstić information content (AvgIpc) is 3.03. The molecule has 0 aliphatic carbocycles. The van der Waals surface area contributed by atoms with Gasteiger partial charge in [0.1, 0.15) is 33.2 Å². The molecule has 0 fully saturated rings. The van der Waals surface area contributed by atoms with Gasteiger partial charge in [-0.05, 0) is 12.1 Å². The molecular weight excluding hydrogens is 398 g/mol. The summed E-state index contributed by atoms with van der Waals surface area (Å²) in [5.41, 5.74) is 6.37. The van der Waals surface area contributed by atoms with E-state index in [1.165, 1.54) is 17.7 Å². The van der Waals surface area contributed by atoms with Crippen LogP contribution in [0.4, 0.5) is 21.8 Å². The third-order valence-electron chi connectivity index (χ3n) is 3.49. The summed E-state index contributed by atoms with van der Waals surface area (Å²) >= 11 is 13.7. The summed E-state index contributed by atoms with van der Waals surface area (Å²) < 4.78 is 14.7. The highest BCUT2D eigenvalue weighted by Gasteiger charge is 2.18. The molecule has 0 bridgehead atoms. The molecule has 0 saturated carbocycles. The van der Waals surface area contributed by atoms with E-state index in [2.05, 4.69) is 25.3 Å². The molecule has 1 aromatic carbocycles. The molecule has 0 radical (unpaired) electrons. The number of nitrogen functional groups attached to an aromatic ring is 1. The minimum Gasteiger partial charge on any atom is -0.384 e. The van der Waals surface area contributed by atoms with E-state index in [1.54, 1.807) is 24.3 Å². The van der Waals surface area contributed by atoms with Crippen LogP contribution < -0.4 is 11.1 Å². The van der Waals surface area contributed by atoms with Crippen molar-refractivity contribution in [3.8, 4) is 10.6 Å². The van der Waals surface area contributed by atoms with E-state index in [9.17, 15) is 4.39 Å². The third-order valence-corrected chi connectivity index (χ3v) is 5.20. The van der Waals surface area contributed by atoms with Gasteiger partial charge in [0.15, 0.2) is 11.6 Å². The number of thiazole rings is 1. The predicted molar refractivity (Wildman–Crippen MR) is 103 cm³/mol. The summed E-state index contributed by atoms with van der Waals surface area (Å²) in [7, 11) is 0. The summed E-state index contributed by atoms with van der Waals surface area (Å²) in [6.45, 7) is 0. The van der Waals surface area contributed by atoms with Crippen LogP contribution in [0.25, 0.3) is 20.8 Å². The van der Waals surface area contributed by atoms with E-state index >= 15 is 0 Å². The van der Waals surface area contributed by atoms with E-state index in [1.807, 2.05) is 0 Å². The molecule has 0 unspecified atom stereocenters. The molecule has 3 aromatic heterocycles. The molecule has 0 atom stereocenters. The number of hydrogen-bond donors (Lipinski definition) is 2. The second-order valence-electron chi connectivity index (χ2n) is 5.20. The van der Waals surface area contributed by atoms with Gasteiger partial charge in [0.2, 0.25) is 0 Å². The molecule has 26 heavy (non-hydrogen) atoms. The monoisotopic (exact) mass is 406 g/mol. The van der Waals surface area contributed by atoms with Gasteiger partial charge in [-0.3, -0.25) is 0 Å². The van der Waals surface area contributed by atoms with Gasteiger partial charge < -0.3 is 11.1 Å². The summed E-state index contributed by atoms with van der Waals surface area (Å²) in [4.78, 5) is 16.4. The minimum atomic E-state index is -0.543. The Bertz CT molecular complexity index is 1110. The Hall–Kier alpha value is -2.55. The van der Waals surface area contributed by atoms with Crippen molar-refractivity contribution in [1.29, 1.82) is 0 Å². The molecule has 4 rings (SSSR count). The second kappa shape index (κ2) is 6.64. The number of benzene rings is 1. The largest absolute Gasteiger partial charge is 0.384 e. The van der Waals surface area contributed by atoms with Crippen LogP contribution in [-0.4, -0.2) is 19.9 Å². The zero-order valence-electron chi connectivity index (χ0n) is 12.9. The van der Waals surface area contributed by atoms with Crippen LogP contribution in [0, 0.1) is 5.82 Å². The highest BCUT2D eigenvalue weighted by Crippen LogP contribution is 2.41. The maximum atomic E-state index is 14.2. The van der Waals surface area contributed by atoms with Crippen LogP contribution in [0.5, 0.6) is 0 Å². The molecule has 130 valence electrons. The summed E-state index contributed by atoms with van der Waals surface area (Å²) in [5, 5.41) is 4.36. The van der Waals surface area contributed by atoms with Crippen molar-refractivity contribution in [3.05, 3.63) is 52.7 Å². The number of pyridine rings is 1. The first-order chi connectivity index (χ1) is 12.5. The number of nitrogens with one attached hydrogen (secondary N) is 1. The Morgan fingerprint density at radius 3 is 2.62 bits per heavy atom. The van der Waals surface area contributed by atoms with Crippen molar-refractivity contribution in [2.24, 2.45) is 0 Å². The van der Waals surface area contributed by atoms with Crippen molar-refractivity contribution < 1.29 is 4.39 Å². The summed E-state index contributed by atoms with van der Waals surface area (Å²) in [6, 6.07) is 6.68. The zero-order chi connectivity index (χ0) is 18.3. The summed E-state index contributed by atoms with van der Waals surface area (Å²) in [5.74, 6) is 0.585. The van der Waals surface area contributed by atoms with Crippen LogP contribution in [0.3, 0.4) is 0 Å². The lowest BCUT2D eigenvalue weighted by molar-refractivity contribution is 0.632. The van der Waals surface area contributed by atoms with Gasteiger partial charge in [-0.1, -0.05) is 29.3 Å². The van der Waals surface area contributed by atoms with E-state index in [0.29, 0.717) is 42.8 Å². The Labute approximate surface area is 160 Å². The number of anilines is 3. The van der Waals surface area contributed by atoms with Gasteiger partial charge in [0.25, 0.3) is 0 Å². The van der Waals surface area contributed by atoms with Gasteiger partial charge >= 0.3 is 0 Å². The second-order valence-corrected chi connectivity index (χ2v) is 7.01. The zero-order valence-corrected chi connectivity index (χ0v) is 15.2. The van der Waals surface area contributed by atoms with E-state index in [4.69, 9.17) is 28.9 Å². The maximum absolute atomic E-state index is 14.2. The van der Waals surface area contributed by atoms with Gasteiger partial charge in [-0.25, -0.2) is 24.3 Å². The van der Waals surface area contributed by atoms with E-state index < -0.39 is 5.82 Å². The first-order valence-electron chi connectivity index (χ1n) is 7.27. The molecular formula is C16H9Cl2FN6S. The molecule has 0 aliphatic heterocycles. The highest BCUT2D eigenvalue weighted by molar-refractivity contribution is 7.22. The minimum absolute atomic E-state index is 0.167. The SMILES string of the molecule is Nc1cc(Nc2ncc(F)c3nc(-c4c(Cl)cccc4Cl)sc23)ncn1. The summed E-state index contributed by atoms with van der Waals surface area (Å²) in [6.07, 6.45) is 2.41. The number of hydrogen-bond acceptors (Lipinski definition) is 7. The van der Waals surface area contributed by atoms with E-state index in [-0.39, 0.29) is 5.52 Å². The van der Waals surface area contributed by atoms with Crippen molar-refractivity contribution >= 4 is 62.2 Å². The molecule has 0 spiro atoms. The molecule has 6 nitrogen and oxygen atoms in total. The van der Waals surface area contributed by atoms with Gasteiger partial charge in [0.05, 0.1) is 16.2 Å². The Morgan fingerprint density at radius 1 is 1.12 bits per heavy atom. The van der Waals surface area contributed by atoms with Crippen LogP contribution >= 0.6 is 34.5 Å². The molecule has 0 amide bonds. The first kappa shape index (κ1) is 16.9. The molecule has 3 heterocycles. The van der Waals surface area contributed by atoms with Crippen LogP contribution in [-0.2, 0) is 0 Å². The maximum Gasteiger partial charge on any atom is 0.168 e. The first-order valence-corrected chi connectivity index (χ1v) is 8.84. The highest BCUT2D eigenvalue weighted by atomic mass is 35.5. The smallest absolute Gasteiger partial charge is 0.168 e. The fraction of sp³-hybridized carbons (Fsp3) is 0. The van der Waals surface area contributed by atoms with Gasteiger partial charge in [-0.2, -0.15) is 0 Å². The Kier molecular flexibility index (Phi) is 4.31. The van der Waals surface area contributed by atoms with Gasteiger partial charge in [-0.15, -0.1) is 11.3 Å². The van der Waals surface area contributed by atoms with Crippen molar-refractivity contribution in [3.63, 3.8) is 0 Å². The Balaban J connectivity index is 1.86. The fourth-order valence-corrected chi connectivity index (χ4v) is 4.12. The molecule has 0 saturated heterocycles. The lowest BCUT2D eigenvalue weighted by Crippen LogP contribution is -1.99. The number of fused-ring (bicyclic) bond motifs is 1. The average molecular weight is 407 g/mol. The van der Waals surface area contributed by atoms with E-state index in [0.717, 1.165) is 6.20 Å². The Morgan fingerprint density at radius 2 is 1.88 bits per heavy atom. The number of halogens is 3. The van der Waals surface area contributed by atoms with Gasteiger partial charge in [0, 0.05) is 11.6 Å². The molecule has 3 N–H and O–H groups in total. The molecule has 10 heteroatoms. The number of rotatable bonds is 3. The van der Waals surface area contributed by atoms with Crippen LogP contribution in [0.1, 0.15) is 0 Å². The van der Waals surface area contributed by atoms with Crippen LogP contribution in [0.15, 0.2) is 36.8 Å². The van der Waals surface area contributed by atoms with Crippen molar-refractivity contribution in [1.82, 2.24) is 19.9 Å². The predicted octanol–water partition coefficient (Wildman–Crippen LogP) is 4.92. The third kappa shape index (κ3) is 3.03. The molecule has 4 aromatic rings. The fourth-order valence-electron chi connectivity index (χ4n) is 2.34. The quantitative estimate of drug-likeness (QED) is 0.501. The number of nitrogens with two attached hydrogens (primary N) is 1. The topological polar surface area (TPSA) is 89.6 Å². The molecule has 0 aliphatic rings. The standard InChI is InChI=1S/C16H9Cl2FN6S/c17-7-2-1-3-8(18)12(7)16-25-13-9(19)5-21-15(14(13)26-16)24-11-4-10(20)22-6-23-11/h1-6H,(H3,20,21,22,23,24). The van der Waals surface area contributed by atoms with Crippen molar-refractivity contribution in [2.75, 3.05) is 11.1 Å². The lowest BCUT2D eigenvalue weighted by atomic mass is 10.2. The van der Waals surface area contributed by atoms with Crippen molar-refractivity contribution in [2.45, 2.75) is 0 Å².